The number of hydrogen-bond acceptors (Lipinski definition) is 5. The molecule has 1 unspecified atom stereocenters. The minimum Gasteiger partial charge on any atom is -0.506 e. The van der Waals surface area contributed by atoms with Crippen LogP contribution >= 0.6 is 0 Å². The van der Waals surface area contributed by atoms with Gasteiger partial charge in [0, 0.05) is 59.4 Å². The Hall–Kier alpha value is -2.77. The molecule has 4 rings (SSSR count). The Balaban J connectivity index is 1.29. The standard InChI is InChI=1S/C25H35N5O2/c1-20-18-28(14-15-32-20)19-22-7-5-6-21(16-22)17-27-25(26-2)30-12-10-29(11-13-30)23-8-3-4-9-24(23)31/h3-9,16,20,31H,10-15,17-19H2,1-2H3,(H,26,27). The predicted molar refractivity (Wildman–Crippen MR) is 129 cm³/mol. The van der Waals surface area contributed by atoms with Crippen molar-refractivity contribution in [2.75, 3.05) is 57.8 Å². The second kappa shape index (κ2) is 10.7. The minimum absolute atomic E-state index is 0.309. The molecule has 0 saturated carbocycles. The van der Waals surface area contributed by atoms with Crippen LogP contribution in [0.25, 0.3) is 0 Å². The van der Waals surface area contributed by atoms with Crippen molar-refractivity contribution >= 4 is 11.6 Å². The Morgan fingerprint density at radius 2 is 1.84 bits per heavy atom. The molecule has 2 aromatic rings. The summed E-state index contributed by atoms with van der Waals surface area (Å²) in [5.41, 5.74) is 3.50. The number of morpholine rings is 1. The van der Waals surface area contributed by atoms with Gasteiger partial charge in [-0.25, -0.2) is 0 Å². The lowest BCUT2D eigenvalue weighted by atomic mass is 10.1. The van der Waals surface area contributed by atoms with Crippen LogP contribution in [-0.4, -0.2) is 79.9 Å². The quantitative estimate of drug-likeness (QED) is 0.554. The van der Waals surface area contributed by atoms with Crippen LogP contribution in [0.4, 0.5) is 5.69 Å². The molecule has 0 spiro atoms. The second-order valence-corrected chi connectivity index (χ2v) is 8.60. The van der Waals surface area contributed by atoms with E-state index in [0.29, 0.717) is 11.9 Å². The van der Waals surface area contributed by atoms with Gasteiger partial charge >= 0.3 is 0 Å². The molecule has 2 fully saturated rings. The molecule has 7 nitrogen and oxygen atoms in total. The fourth-order valence-electron chi connectivity index (χ4n) is 4.53. The van der Waals surface area contributed by atoms with Crippen molar-refractivity contribution in [3.63, 3.8) is 0 Å². The van der Waals surface area contributed by atoms with Gasteiger partial charge in [-0.1, -0.05) is 36.4 Å². The number of phenols is 1. The first-order valence-electron chi connectivity index (χ1n) is 11.5. The van der Waals surface area contributed by atoms with Crippen LogP contribution in [-0.2, 0) is 17.8 Å². The summed E-state index contributed by atoms with van der Waals surface area (Å²) in [5, 5.41) is 13.7. The summed E-state index contributed by atoms with van der Waals surface area (Å²) in [4.78, 5) is 11.5. The van der Waals surface area contributed by atoms with Gasteiger partial charge in [-0.05, 0) is 30.2 Å². The van der Waals surface area contributed by atoms with Gasteiger partial charge < -0.3 is 25.0 Å². The van der Waals surface area contributed by atoms with Gasteiger partial charge in [0.2, 0.25) is 0 Å². The Morgan fingerprint density at radius 1 is 1.06 bits per heavy atom. The van der Waals surface area contributed by atoms with Crippen molar-refractivity contribution in [1.29, 1.82) is 0 Å². The molecule has 7 heteroatoms. The minimum atomic E-state index is 0.309. The van der Waals surface area contributed by atoms with Gasteiger partial charge in [0.05, 0.1) is 18.4 Å². The van der Waals surface area contributed by atoms with Crippen molar-refractivity contribution in [2.24, 2.45) is 4.99 Å². The van der Waals surface area contributed by atoms with Crippen LogP contribution in [0.5, 0.6) is 5.75 Å². The van der Waals surface area contributed by atoms with Crippen molar-refractivity contribution in [3.8, 4) is 5.75 Å². The van der Waals surface area contributed by atoms with Gasteiger partial charge in [0.1, 0.15) is 5.75 Å². The van der Waals surface area contributed by atoms with E-state index in [1.807, 2.05) is 25.2 Å². The number of nitrogens with one attached hydrogen (secondary N) is 1. The van der Waals surface area contributed by atoms with E-state index in [-0.39, 0.29) is 0 Å². The summed E-state index contributed by atoms with van der Waals surface area (Å²) in [7, 11) is 1.84. The fraction of sp³-hybridized carbons (Fsp3) is 0.480. The monoisotopic (exact) mass is 437 g/mol. The number of guanidine groups is 1. The van der Waals surface area contributed by atoms with E-state index in [1.165, 1.54) is 11.1 Å². The first-order valence-corrected chi connectivity index (χ1v) is 11.5. The maximum absolute atomic E-state index is 10.1. The van der Waals surface area contributed by atoms with E-state index in [0.717, 1.165) is 70.6 Å². The van der Waals surface area contributed by atoms with E-state index in [4.69, 9.17) is 4.74 Å². The lowest BCUT2D eigenvalue weighted by molar-refractivity contribution is -0.0212. The van der Waals surface area contributed by atoms with Gasteiger partial charge in [0.15, 0.2) is 5.96 Å². The second-order valence-electron chi connectivity index (χ2n) is 8.60. The fourth-order valence-corrected chi connectivity index (χ4v) is 4.53. The summed E-state index contributed by atoms with van der Waals surface area (Å²) in [5.74, 6) is 1.27. The highest BCUT2D eigenvalue weighted by atomic mass is 16.5. The van der Waals surface area contributed by atoms with Crippen molar-refractivity contribution < 1.29 is 9.84 Å². The average Bonchev–Trinajstić information content (AvgIpc) is 2.81. The first kappa shape index (κ1) is 22.4. The zero-order valence-electron chi connectivity index (χ0n) is 19.2. The molecule has 0 amide bonds. The number of anilines is 1. The largest absolute Gasteiger partial charge is 0.506 e. The maximum Gasteiger partial charge on any atom is 0.194 e. The number of ether oxygens (including phenoxy) is 1. The molecular weight excluding hydrogens is 402 g/mol. The van der Waals surface area contributed by atoms with E-state index in [2.05, 4.69) is 56.2 Å². The Labute approximate surface area is 191 Å². The molecule has 1 atom stereocenters. The Morgan fingerprint density at radius 3 is 2.59 bits per heavy atom. The molecule has 2 N–H and O–H groups in total. The number of aromatic hydroxyl groups is 1. The number of aliphatic imine (C=N–C) groups is 1. The molecular formula is C25H35N5O2. The van der Waals surface area contributed by atoms with Gasteiger partial charge in [-0.2, -0.15) is 0 Å². The highest BCUT2D eigenvalue weighted by Gasteiger charge is 2.21. The number of phenolic OH excluding ortho intramolecular Hbond substituents is 1. The van der Waals surface area contributed by atoms with Crippen LogP contribution < -0.4 is 10.2 Å². The number of piperazine rings is 1. The lowest BCUT2D eigenvalue weighted by Gasteiger charge is -2.37. The summed E-state index contributed by atoms with van der Waals surface area (Å²) in [6.45, 7) is 10.1. The summed E-state index contributed by atoms with van der Waals surface area (Å²) in [6, 6.07) is 16.4. The molecule has 2 aliphatic heterocycles. The average molecular weight is 438 g/mol. The third kappa shape index (κ3) is 5.72. The SMILES string of the molecule is CN=C(NCc1cccc(CN2CCOC(C)C2)c1)N1CCN(c2ccccc2O)CC1. The van der Waals surface area contributed by atoms with Crippen molar-refractivity contribution in [3.05, 3.63) is 59.7 Å². The number of rotatable bonds is 5. The van der Waals surface area contributed by atoms with Crippen molar-refractivity contribution in [1.82, 2.24) is 15.1 Å². The van der Waals surface area contributed by atoms with Gasteiger partial charge in [-0.15, -0.1) is 0 Å². The third-order valence-electron chi connectivity index (χ3n) is 6.19. The van der Waals surface area contributed by atoms with Crippen LogP contribution in [0, 0.1) is 0 Å². The Kier molecular flexibility index (Phi) is 7.50. The number of hydrogen-bond donors (Lipinski definition) is 2. The third-order valence-corrected chi connectivity index (χ3v) is 6.19. The van der Waals surface area contributed by atoms with Crippen LogP contribution in [0.3, 0.4) is 0 Å². The van der Waals surface area contributed by atoms with E-state index < -0.39 is 0 Å². The molecule has 2 saturated heterocycles. The molecule has 2 aromatic carbocycles. The first-order chi connectivity index (χ1) is 15.6. The van der Waals surface area contributed by atoms with Crippen LogP contribution in [0.1, 0.15) is 18.1 Å². The summed E-state index contributed by atoms with van der Waals surface area (Å²) < 4.78 is 5.66. The van der Waals surface area contributed by atoms with E-state index >= 15 is 0 Å². The van der Waals surface area contributed by atoms with E-state index in [9.17, 15) is 5.11 Å². The maximum atomic E-state index is 10.1. The van der Waals surface area contributed by atoms with Crippen LogP contribution in [0.15, 0.2) is 53.5 Å². The Bertz CT molecular complexity index is 911. The molecule has 0 bridgehead atoms. The summed E-state index contributed by atoms with van der Waals surface area (Å²) >= 11 is 0. The molecule has 0 aliphatic carbocycles. The molecule has 2 aliphatic rings. The smallest absolute Gasteiger partial charge is 0.194 e. The molecule has 2 heterocycles. The van der Waals surface area contributed by atoms with Crippen molar-refractivity contribution in [2.45, 2.75) is 26.1 Å². The number of benzene rings is 2. The van der Waals surface area contributed by atoms with E-state index in [1.54, 1.807) is 6.07 Å². The molecule has 172 valence electrons. The summed E-state index contributed by atoms with van der Waals surface area (Å²) in [6.07, 6.45) is 0.309. The predicted octanol–water partition coefficient (Wildman–Crippen LogP) is 2.51. The number of nitrogens with zero attached hydrogens (tertiary/aromatic N) is 4. The zero-order valence-corrected chi connectivity index (χ0v) is 19.2. The number of para-hydroxylation sites is 2. The topological polar surface area (TPSA) is 63.6 Å². The van der Waals surface area contributed by atoms with Gasteiger partial charge in [-0.3, -0.25) is 9.89 Å². The lowest BCUT2D eigenvalue weighted by Crippen LogP contribution is -2.52. The normalized spacial score (nSPS) is 20.4. The molecule has 32 heavy (non-hydrogen) atoms. The highest BCUT2D eigenvalue weighted by molar-refractivity contribution is 5.80. The highest BCUT2D eigenvalue weighted by Crippen LogP contribution is 2.27. The van der Waals surface area contributed by atoms with Crippen LogP contribution in [0.2, 0.25) is 0 Å². The molecule has 0 aromatic heterocycles. The molecule has 0 radical (unpaired) electrons. The van der Waals surface area contributed by atoms with Gasteiger partial charge in [0.25, 0.3) is 0 Å². The zero-order chi connectivity index (χ0) is 22.3.